The molecule has 4 amide bonds. The van der Waals surface area contributed by atoms with Crippen molar-refractivity contribution in [2.75, 3.05) is 13.1 Å². The maximum absolute atomic E-state index is 13.3. The predicted octanol–water partition coefficient (Wildman–Crippen LogP) is -0.292. The number of unbranched alkanes of at least 4 members (excludes halogenated alkanes) is 2. The molecule has 0 aromatic heterocycles. The molecule has 0 spiro atoms. The third-order valence-corrected chi connectivity index (χ3v) is 6.75. The Morgan fingerprint density at radius 3 is 1.75 bits per heavy atom. The van der Waals surface area contributed by atoms with E-state index < -0.39 is 59.8 Å². The largest absolute Gasteiger partial charge is 0.480 e. The Kier molecular flexibility index (Phi) is 18.8. The van der Waals surface area contributed by atoms with Gasteiger partial charge in [-0.25, -0.2) is 4.79 Å². The lowest BCUT2D eigenvalue weighted by molar-refractivity contribution is -0.142. The zero-order valence-electron chi connectivity index (χ0n) is 24.8. The van der Waals surface area contributed by atoms with E-state index in [-0.39, 0.29) is 24.7 Å². The number of carbonyl (C=O) groups excluding carboxylic acids is 4. The van der Waals surface area contributed by atoms with Crippen molar-refractivity contribution in [3.05, 3.63) is 0 Å². The van der Waals surface area contributed by atoms with Crippen molar-refractivity contribution < 1.29 is 29.1 Å². The number of hydrogen-bond acceptors (Lipinski definition) is 8. The van der Waals surface area contributed by atoms with Crippen molar-refractivity contribution in [2.24, 2.45) is 29.0 Å². The second-order valence-corrected chi connectivity index (χ2v) is 10.9. The topological polar surface area (TPSA) is 232 Å². The van der Waals surface area contributed by atoms with E-state index in [1.54, 1.807) is 0 Å². The maximum Gasteiger partial charge on any atom is 0.326 e. The van der Waals surface area contributed by atoms with Crippen molar-refractivity contribution in [3.63, 3.8) is 0 Å². The second kappa shape index (κ2) is 20.2. The molecule has 40 heavy (non-hydrogen) atoms. The van der Waals surface area contributed by atoms with Crippen molar-refractivity contribution in [3.8, 4) is 0 Å². The van der Waals surface area contributed by atoms with Crippen LogP contribution in [0.3, 0.4) is 0 Å². The number of rotatable bonds is 21. The summed E-state index contributed by atoms with van der Waals surface area (Å²) in [5.41, 5.74) is 17.1. The van der Waals surface area contributed by atoms with Gasteiger partial charge in [-0.15, -0.1) is 0 Å². The Hall–Kier alpha value is -2.77. The van der Waals surface area contributed by atoms with E-state index in [0.29, 0.717) is 45.2 Å². The van der Waals surface area contributed by atoms with Crippen LogP contribution in [-0.2, 0) is 24.0 Å². The SMILES string of the molecule is CC[C@H](C)[C@H](NC(=O)[C@@H](N)CCCCN)C(=O)N[C@@H](CCCCN)C(=O)N[C@@H](C)C(=O)N[C@@H](CC(C)C)C(=O)O. The molecule has 13 heteroatoms. The molecule has 0 unspecified atom stereocenters. The number of nitrogens with one attached hydrogen (secondary N) is 4. The van der Waals surface area contributed by atoms with Gasteiger partial charge >= 0.3 is 5.97 Å². The Balaban J connectivity index is 5.53. The molecule has 6 atom stereocenters. The molecule has 0 rings (SSSR count). The minimum Gasteiger partial charge on any atom is -0.480 e. The zero-order chi connectivity index (χ0) is 30.8. The quantitative estimate of drug-likeness (QED) is 0.0844. The van der Waals surface area contributed by atoms with E-state index in [0.717, 1.165) is 6.42 Å². The molecule has 0 aromatic carbocycles. The lowest BCUT2D eigenvalue weighted by Crippen LogP contribution is -2.59. The number of nitrogens with two attached hydrogens (primary N) is 3. The van der Waals surface area contributed by atoms with Crippen LogP contribution in [-0.4, -0.2) is 78.0 Å². The summed E-state index contributed by atoms with van der Waals surface area (Å²) in [6, 6.07) is -4.85. The number of amides is 4. The van der Waals surface area contributed by atoms with Gasteiger partial charge in [0.15, 0.2) is 0 Å². The minimum absolute atomic E-state index is 0.0351. The third kappa shape index (κ3) is 14.6. The van der Waals surface area contributed by atoms with Crippen molar-refractivity contribution >= 4 is 29.6 Å². The van der Waals surface area contributed by atoms with Crippen LogP contribution in [0.5, 0.6) is 0 Å². The lowest BCUT2D eigenvalue weighted by atomic mass is 9.96. The molecule has 11 N–H and O–H groups in total. The molecule has 0 saturated heterocycles. The summed E-state index contributed by atoms with van der Waals surface area (Å²) in [5.74, 6) is -3.62. The molecule has 0 radical (unpaired) electrons. The molecular formula is C27H53N7O6. The molecule has 0 aliphatic rings. The summed E-state index contributed by atoms with van der Waals surface area (Å²) in [7, 11) is 0. The molecule has 13 nitrogen and oxygen atoms in total. The first-order valence-electron chi connectivity index (χ1n) is 14.4. The van der Waals surface area contributed by atoms with Crippen molar-refractivity contribution in [1.82, 2.24) is 21.3 Å². The molecule has 0 bridgehead atoms. The highest BCUT2D eigenvalue weighted by atomic mass is 16.4. The second-order valence-electron chi connectivity index (χ2n) is 10.9. The summed E-state index contributed by atoms with van der Waals surface area (Å²) < 4.78 is 0. The van der Waals surface area contributed by atoms with Gasteiger partial charge in [-0.2, -0.15) is 0 Å². The monoisotopic (exact) mass is 571 g/mol. The van der Waals surface area contributed by atoms with Crippen LogP contribution in [0.4, 0.5) is 0 Å². The zero-order valence-corrected chi connectivity index (χ0v) is 24.8. The summed E-state index contributed by atoms with van der Waals surface area (Å²) in [6.07, 6.45) is 4.09. The average molecular weight is 572 g/mol. The van der Waals surface area contributed by atoms with Gasteiger partial charge in [0, 0.05) is 0 Å². The fourth-order valence-corrected chi connectivity index (χ4v) is 3.99. The van der Waals surface area contributed by atoms with Crippen LogP contribution in [0.15, 0.2) is 0 Å². The minimum atomic E-state index is -1.16. The van der Waals surface area contributed by atoms with E-state index in [9.17, 15) is 29.1 Å². The van der Waals surface area contributed by atoms with Gasteiger partial charge in [0.05, 0.1) is 6.04 Å². The van der Waals surface area contributed by atoms with E-state index in [4.69, 9.17) is 17.2 Å². The van der Waals surface area contributed by atoms with Gasteiger partial charge in [-0.3, -0.25) is 19.2 Å². The van der Waals surface area contributed by atoms with Crippen LogP contribution in [0.2, 0.25) is 0 Å². The number of carboxylic acid groups (broad SMARTS) is 1. The number of aliphatic carboxylic acids is 1. The third-order valence-electron chi connectivity index (χ3n) is 6.75. The van der Waals surface area contributed by atoms with Crippen LogP contribution < -0.4 is 38.5 Å². The molecule has 0 aromatic rings. The molecule has 232 valence electrons. The van der Waals surface area contributed by atoms with E-state index in [2.05, 4.69) is 21.3 Å². The molecule has 0 aliphatic carbocycles. The summed E-state index contributed by atoms with van der Waals surface area (Å²) in [4.78, 5) is 63.3. The lowest BCUT2D eigenvalue weighted by Gasteiger charge is -2.28. The van der Waals surface area contributed by atoms with Crippen molar-refractivity contribution in [2.45, 2.75) is 116 Å². The highest BCUT2D eigenvalue weighted by molar-refractivity contribution is 5.95. The van der Waals surface area contributed by atoms with E-state index in [1.807, 2.05) is 27.7 Å². The Morgan fingerprint density at radius 2 is 1.25 bits per heavy atom. The summed E-state index contributed by atoms with van der Waals surface area (Å²) in [6.45, 7) is 9.72. The molecule has 0 saturated carbocycles. The first-order chi connectivity index (χ1) is 18.8. The van der Waals surface area contributed by atoms with Crippen LogP contribution in [0.1, 0.15) is 86.0 Å². The van der Waals surface area contributed by atoms with Gasteiger partial charge in [0.2, 0.25) is 23.6 Å². The highest BCUT2D eigenvalue weighted by Gasteiger charge is 2.32. The van der Waals surface area contributed by atoms with Crippen molar-refractivity contribution in [1.29, 1.82) is 0 Å². The molecule has 0 aliphatic heterocycles. The van der Waals surface area contributed by atoms with Gasteiger partial charge in [-0.05, 0) is 70.4 Å². The Labute approximate surface area is 238 Å². The van der Waals surface area contributed by atoms with Crippen LogP contribution >= 0.6 is 0 Å². The maximum atomic E-state index is 13.3. The summed E-state index contributed by atoms with van der Waals surface area (Å²) >= 11 is 0. The number of carbonyl (C=O) groups is 5. The predicted molar refractivity (Wildman–Crippen MR) is 154 cm³/mol. The van der Waals surface area contributed by atoms with Gasteiger partial charge in [0.1, 0.15) is 24.2 Å². The summed E-state index contributed by atoms with van der Waals surface area (Å²) in [5, 5.41) is 19.9. The highest BCUT2D eigenvalue weighted by Crippen LogP contribution is 2.11. The average Bonchev–Trinajstić information content (AvgIpc) is 2.89. The molecule has 0 heterocycles. The van der Waals surface area contributed by atoms with Crippen LogP contribution in [0, 0.1) is 11.8 Å². The fourth-order valence-electron chi connectivity index (χ4n) is 3.99. The van der Waals surface area contributed by atoms with Crippen LogP contribution in [0.25, 0.3) is 0 Å². The fraction of sp³-hybridized carbons (Fsp3) is 0.815. The van der Waals surface area contributed by atoms with E-state index in [1.165, 1.54) is 6.92 Å². The normalized spacial score (nSPS) is 15.7. The Morgan fingerprint density at radius 1 is 0.700 bits per heavy atom. The molecule has 0 fully saturated rings. The first-order valence-corrected chi connectivity index (χ1v) is 14.4. The number of carboxylic acids is 1. The molecular weight excluding hydrogens is 518 g/mol. The van der Waals surface area contributed by atoms with Gasteiger partial charge < -0.3 is 43.6 Å². The number of hydrogen-bond donors (Lipinski definition) is 8. The van der Waals surface area contributed by atoms with E-state index >= 15 is 0 Å². The smallest absolute Gasteiger partial charge is 0.326 e. The first kappa shape index (κ1) is 37.2. The van der Waals surface area contributed by atoms with Gasteiger partial charge in [0.25, 0.3) is 0 Å². The van der Waals surface area contributed by atoms with Gasteiger partial charge in [-0.1, -0.05) is 40.5 Å². The standard InChI is InChI=1S/C27H53N7O6/c1-6-17(4)22(34-24(36)19(30)11-7-9-13-28)26(38)32-20(12-8-10-14-29)25(37)31-18(5)23(35)33-21(27(39)40)15-16(2)3/h16-22H,6-15,28-30H2,1-5H3,(H,31,37)(H,32,38)(H,33,35)(H,34,36)(H,39,40)/t17-,18-,19-,20-,21-,22-/m0/s1. The Bertz CT molecular complexity index is 810.